The highest BCUT2D eigenvalue weighted by Gasteiger charge is 2.17. The zero-order valence-corrected chi connectivity index (χ0v) is 15.5. The number of nitrogens with zero attached hydrogens (tertiary/aromatic N) is 4. The molecule has 6 nitrogen and oxygen atoms in total. The molecule has 3 rings (SSSR count). The first-order valence-electron chi connectivity index (χ1n) is 8.41. The van der Waals surface area contributed by atoms with E-state index < -0.39 is 0 Å². The van der Waals surface area contributed by atoms with Gasteiger partial charge in [0.15, 0.2) is 0 Å². The summed E-state index contributed by atoms with van der Waals surface area (Å²) in [6.07, 6.45) is 3.98. The summed E-state index contributed by atoms with van der Waals surface area (Å²) in [7, 11) is 0. The molecule has 0 aliphatic carbocycles. The Kier molecular flexibility index (Phi) is 5.87. The largest absolute Gasteiger partial charge is 0.360 e. The van der Waals surface area contributed by atoms with Crippen molar-refractivity contribution >= 4 is 23.4 Å². The van der Waals surface area contributed by atoms with Crippen molar-refractivity contribution in [2.24, 2.45) is 0 Å². The normalized spacial score (nSPS) is 10.5. The average molecular weight is 365 g/mol. The van der Waals surface area contributed by atoms with Gasteiger partial charge in [0.2, 0.25) is 5.95 Å². The second kappa shape index (κ2) is 8.50. The van der Waals surface area contributed by atoms with Crippen molar-refractivity contribution in [3.63, 3.8) is 0 Å². The average Bonchev–Trinajstić information content (AvgIpc) is 3.03. The van der Waals surface area contributed by atoms with E-state index in [1.54, 1.807) is 30.1 Å². The minimum atomic E-state index is 0.484. The molecule has 3 aromatic rings. The fraction of sp³-hybridized carbons (Fsp3) is 0.263. The van der Waals surface area contributed by atoms with Gasteiger partial charge >= 0.3 is 0 Å². The number of aryl methyl sites for hydroxylation is 1. The van der Waals surface area contributed by atoms with Gasteiger partial charge in [-0.3, -0.25) is 0 Å². The number of hydrogen-bond acceptors (Lipinski definition) is 7. The van der Waals surface area contributed by atoms with Gasteiger partial charge in [0.05, 0.1) is 22.9 Å². The van der Waals surface area contributed by atoms with Gasteiger partial charge in [-0.2, -0.15) is 5.26 Å². The van der Waals surface area contributed by atoms with Crippen LogP contribution in [0.5, 0.6) is 0 Å². The second-order valence-electron chi connectivity index (χ2n) is 5.70. The van der Waals surface area contributed by atoms with E-state index in [4.69, 9.17) is 9.78 Å². The number of thioether (sulfide) groups is 1. The number of unbranched alkanes of at least 4 members (excludes halogenated alkanes) is 1. The third-order valence-corrected chi connectivity index (χ3v) is 4.79. The Bertz CT molecular complexity index is 914. The van der Waals surface area contributed by atoms with Crippen LogP contribution in [-0.2, 0) is 0 Å². The number of benzene rings is 1. The molecule has 0 radical (unpaired) electrons. The van der Waals surface area contributed by atoms with Gasteiger partial charge < -0.3 is 9.84 Å². The Hall–Kier alpha value is -2.85. The van der Waals surface area contributed by atoms with E-state index in [1.165, 1.54) is 0 Å². The Morgan fingerprint density at radius 2 is 2.04 bits per heavy atom. The number of aromatic nitrogens is 3. The molecular weight excluding hydrogens is 346 g/mol. The van der Waals surface area contributed by atoms with Gasteiger partial charge in [-0.1, -0.05) is 18.5 Å². The summed E-state index contributed by atoms with van der Waals surface area (Å²) in [5.74, 6) is 2.22. The Morgan fingerprint density at radius 1 is 1.23 bits per heavy atom. The van der Waals surface area contributed by atoms with Gasteiger partial charge in [-0.05, 0) is 49.4 Å². The third-order valence-electron chi connectivity index (χ3n) is 3.75. The maximum Gasteiger partial charge on any atom is 0.227 e. The van der Waals surface area contributed by atoms with Crippen LogP contribution in [0.2, 0.25) is 0 Å². The predicted octanol–water partition coefficient (Wildman–Crippen LogP) is 4.95. The predicted molar refractivity (Wildman–Crippen MR) is 102 cm³/mol. The van der Waals surface area contributed by atoms with Gasteiger partial charge in [0.25, 0.3) is 0 Å². The summed E-state index contributed by atoms with van der Waals surface area (Å²) in [5, 5.41) is 17.1. The topological polar surface area (TPSA) is 87.6 Å². The molecule has 0 bridgehead atoms. The van der Waals surface area contributed by atoms with E-state index in [2.05, 4.69) is 33.4 Å². The molecule has 0 aliphatic rings. The lowest BCUT2D eigenvalue weighted by Gasteiger charge is -2.07. The molecular formula is C19H19N5OS. The molecule has 0 spiro atoms. The minimum Gasteiger partial charge on any atom is -0.360 e. The van der Waals surface area contributed by atoms with Crippen LogP contribution in [0, 0.1) is 18.3 Å². The number of rotatable bonds is 7. The molecule has 0 saturated carbocycles. The second-order valence-corrected chi connectivity index (χ2v) is 6.78. The molecule has 0 unspecified atom stereocenters. The van der Waals surface area contributed by atoms with Gasteiger partial charge in [-0.15, -0.1) is 11.8 Å². The summed E-state index contributed by atoms with van der Waals surface area (Å²) >= 11 is 1.68. The summed E-state index contributed by atoms with van der Waals surface area (Å²) in [6, 6.07) is 11.1. The fourth-order valence-electron chi connectivity index (χ4n) is 2.37. The highest BCUT2D eigenvalue weighted by Crippen LogP contribution is 2.33. The Morgan fingerprint density at radius 3 is 2.77 bits per heavy atom. The molecule has 132 valence electrons. The Labute approximate surface area is 156 Å². The van der Waals surface area contributed by atoms with E-state index in [9.17, 15) is 0 Å². The van der Waals surface area contributed by atoms with Crippen LogP contribution in [0.4, 0.5) is 11.6 Å². The van der Waals surface area contributed by atoms with Crippen LogP contribution in [0.3, 0.4) is 0 Å². The quantitative estimate of drug-likeness (QED) is 0.468. The zero-order chi connectivity index (χ0) is 18.4. The highest BCUT2D eigenvalue weighted by molar-refractivity contribution is 7.99. The Balaban J connectivity index is 1.83. The maximum absolute atomic E-state index is 8.88. The third kappa shape index (κ3) is 4.21. The molecule has 0 amide bonds. The minimum absolute atomic E-state index is 0.484. The van der Waals surface area contributed by atoms with Crippen molar-refractivity contribution in [3.05, 3.63) is 47.9 Å². The standard InChI is InChI=1S/C19H19N5OS/c1-3-4-11-26-18-17(13(2)25-24-18)16-9-10-21-19(23-16)22-15-7-5-14(12-20)6-8-15/h5-10H,3-4,11H2,1-2H3,(H,21,22,23). The number of nitriles is 1. The molecule has 0 saturated heterocycles. The zero-order valence-electron chi connectivity index (χ0n) is 14.7. The number of nitrogens with one attached hydrogen (secondary N) is 1. The lowest BCUT2D eigenvalue weighted by molar-refractivity contribution is 0.384. The van der Waals surface area contributed by atoms with Crippen molar-refractivity contribution in [3.8, 4) is 17.3 Å². The highest BCUT2D eigenvalue weighted by atomic mass is 32.2. The lowest BCUT2D eigenvalue weighted by Crippen LogP contribution is -1.98. The maximum atomic E-state index is 8.88. The molecule has 0 atom stereocenters. The van der Waals surface area contributed by atoms with Gasteiger partial charge in [0.1, 0.15) is 10.8 Å². The first-order valence-corrected chi connectivity index (χ1v) is 9.39. The summed E-state index contributed by atoms with van der Waals surface area (Å²) in [5.41, 5.74) is 3.12. The van der Waals surface area contributed by atoms with Crippen LogP contribution >= 0.6 is 11.8 Å². The lowest BCUT2D eigenvalue weighted by atomic mass is 10.2. The SMILES string of the molecule is CCCCSc1noc(C)c1-c1ccnc(Nc2ccc(C#N)cc2)n1. The van der Waals surface area contributed by atoms with E-state index in [0.717, 1.165) is 46.3 Å². The summed E-state index contributed by atoms with van der Waals surface area (Å²) < 4.78 is 5.38. The van der Waals surface area contributed by atoms with Gasteiger partial charge in [-0.25, -0.2) is 9.97 Å². The van der Waals surface area contributed by atoms with Crippen molar-refractivity contribution in [1.82, 2.24) is 15.1 Å². The molecule has 0 fully saturated rings. The van der Waals surface area contributed by atoms with Crippen molar-refractivity contribution in [2.45, 2.75) is 31.7 Å². The number of hydrogen-bond donors (Lipinski definition) is 1. The van der Waals surface area contributed by atoms with Crippen LogP contribution in [0.15, 0.2) is 46.1 Å². The van der Waals surface area contributed by atoms with Crippen molar-refractivity contribution in [1.29, 1.82) is 5.26 Å². The monoisotopic (exact) mass is 365 g/mol. The molecule has 2 aromatic heterocycles. The van der Waals surface area contributed by atoms with E-state index in [0.29, 0.717) is 11.5 Å². The van der Waals surface area contributed by atoms with Crippen LogP contribution in [0.25, 0.3) is 11.3 Å². The molecule has 26 heavy (non-hydrogen) atoms. The summed E-state index contributed by atoms with van der Waals surface area (Å²) in [6.45, 7) is 4.06. The van der Waals surface area contributed by atoms with E-state index in [-0.39, 0.29) is 0 Å². The molecule has 7 heteroatoms. The van der Waals surface area contributed by atoms with Gasteiger partial charge in [0, 0.05) is 11.9 Å². The van der Waals surface area contributed by atoms with Crippen LogP contribution in [0.1, 0.15) is 31.1 Å². The van der Waals surface area contributed by atoms with Crippen molar-refractivity contribution < 1.29 is 4.52 Å². The number of anilines is 2. The molecule has 1 aromatic carbocycles. The first kappa shape index (κ1) is 18.0. The van der Waals surface area contributed by atoms with Crippen LogP contribution in [-0.4, -0.2) is 20.9 Å². The molecule has 0 aliphatic heterocycles. The summed E-state index contributed by atoms with van der Waals surface area (Å²) in [4.78, 5) is 8.88. The van der Waals surface area contributed by atoms with E-state index >= 15 is 0 Å². The molecule has 2 heterocycles. The molecule has 1 N–H and O–H groups in total. The first-order chi connectivity index (χ1) is 12.7. The fourth-order valence-corrected chi connectivity index (χ4v) is 3.48. The van der Waals surface area contributed by atoms with Crippen LogP contribution < -0.4 is 5.32 Å². The van der Waals surface area contributed by atoms with Crippen molar-refractivity contribution in [2.75, 3.05) is 11.1 Å². The van der Waals surface area contributed by atoms with E-state index in [1.807, 2.05) is 25.1 Å². The smallest absolute Gasteiger partial charge is 0.227 e.